The molecular formula is C32H28FN7O2. The lowest BCUT2D eigenvalue weighted by Crippen LogP contribution is -2.39. The fourth-order valence-corrected chi connectivity index (χ4v) is 5.67. The number of hydrogen-bond donors (Lipinski definition) is 2. The second kappa shape index (κ2) is 10.5. The fourth-order valence-electron chi connectivity index (χ4n) is 5.67. The molecule has 0 unspecified atom stereocenters. The summed E-state index contributed by atoms with van der Waals surface area (Å²) in [6.45, 7) is -0.0121. The van der Waals surface area contributed by atoms with Gasteiger partial charge in [0.15, 0.2) is 5.82 Å². The maximum atomic E-state index is 15.2. The van der Waals surface area contributed by atoms with Crippen molar-refractivity contribution in [3.8, 4) is 17.1 Å². The molecule has 2 aliphatic rings. The van der Waals surface area contributed by atoms with Crippen LogP contribution >= 0.6 is 0 Å². The van der Waals surface area contributed by atoms with E-state index in [0.717, 1.165) is 35.2 Å². The van der Waals surface area contributed by atoms with Crippen molar-refractivity contribution < 1.29 is 14.3 Å². The number of benzene rings is 3. The molecule has 7 rings (SSSR count). The first kappa shape index (κ1) is 26.0. The van der Waals surface area contributed by atoms with E-state index in [1.165, 1.54) is 11.0 Å². The first-order valence-corrected chi connectivity index (χ1v) is 13.9. The van der Waals surface area contributed by atoms with E-state index in [4.69, 9.17) is 5.73 Å². The molecule has 3 aromatic carbocycles. The maximum absolute atomic E-state index is 15.2. The number of fused-ring (bicyclic) bond motifs is 1. The SMILES string of the molecule is Nc1nc(Cc2cnn(-c3ccccc3)c2)nc(-c2cccc(N3CCc4cc(C5CC5)cc(F)c4C3=O)c2CO)n1. The van der Waals surface area contributed by atoms with Crippen molar-refractivity contribution in [3.63, 3.8) is 0 Å². The summed E-state index contributed by atoms with van der Waals surface area (Å²) in [6.07, 6.45) is 6.66. The average molecular weight is 562 g/mol. The van der Waals surface area contributed by atoms with E-state index in [2.05, 4.69) is 20.1 Å². The molecule has 0 saturated heterocycles. The van der Waals surface area contributed by atoms with Gasteiger partial charge in [-0.25, -0.2) is 14.1 Å². The number of carbonyl (C=O) groups excluding carboxylic acids is 1. The van der Waals surface area contributed by atoms with Crippen LogP contribution in [0.1, 0.15) is 57.2 Å². The van der Waals surface area contributed by atoms with Gasteiger partial charge in [0.2, 0.25) is 5.95 Å². The van der Waals surface area contributed by atoms with Gasteiger partial charge in [0.05, 0.1) is 29.7 Å². The minimum atomic E-state index is -0.490. The van der Waals surface area contributed by atoms with E-state index >= 15 is 4.39 Å². The van der Waals surface area contributed by atoms with Crippen LogP contribution in [0.3, 0.4) is 0 Å². The van der Waals surface area contributed by atoms with E-state index in [0.29, 0.717) is 47.9 Å². The highest BCUT2D eigenvalue weighted by Crippen LogP contribution is 2.42. The van der Waals surface area contributed by atoms with Gasteiger partial charge in [0, 0.05) is 30.3 Å². The molecule has 3 N–H and O–H groups in total. The number of hydrogen-bond acceptors (Lipinski definition) is 7. The zero-order valence-electron chi connectivity index (χ0n) is 22.7. The van der Waals surface area contributed by atoms with Gasteiger partial charge < -0.3 is 15.7 Å². The van der Waals surface area contributed by atoms with Crippen LogP contribution in [0.25, 0.3) is 17.1 Å². The number of halogens is 1. The molecule has 1 saturated carbocycles. The van der Waals surface area contributed by atoms with Crippen LogP contribution in [0.2, 0.25) is 0 Å². The van der Waals surface area contributed by atoms with Gasteiger partial charge in [-0.05, 0) is 66.1 Å². The number of amides is 1. The van der Waals surface area contributed by atoms with Crippen LogP contribution in [-0.4, -0.2) is 42.3 Å². The van der Waals surface area contributed by atoms with Crippen LogP contribution in [0, 0.1) is 5.82 Å². The molecule has 0 bridgehead atoms. The van der Waals surface area contributed by atoms with Crippen molar-refractivity contribution in [1.29, 1.82) is 0 Å². The smallest absolute Gasteiger partial charge is 0.261 e. The van der Waals surface area contributed by atoms with Gasteiger partial charge in [0.1, 0.15) is 11.6 Å². The molecule has 9 nitrogen and oxygen atoms in total. The molecule has 1 amide bonds. The Morgan fingerprint density at radius 2 is 1.86 bits per heavy atom. The van der Waals surface area contributed by atoms with Crippen LogP contribution < -0.4 is 10.6 Å². The molecule has 5 aromatic rings. The summed E-state index contributed by atoms with van der Waals surface area (Å²) in [5.41, 5.74) is 11.2. The number of nitrogens with two attached hydrogens (primary N) is 1. The van der Waals surface area contributed by atoms with Gasteiger partial charge in [0.25, 0.3) is 5.91 Å². The van der Waals surface area contributed by atoms with E-state index in [1.54, 1.807) is 29.1 Å². The Balaban J connectivity index is 1.20. The first-order valence-electron chi connectivity index (χ1n) is 13.9. The standard InChI is InChI=1S/C32H28FN7O2/c33-26-15-22(20-9-10-20)14-21-11-12-39(31(42)29(21)26)27-8-4-7-24(25(27)18-41)30-36-28(37-32(34)38-30)13-19-16-35-40(17-19)23-5-2-1-3-6-23/h1-8,14-17,20,41H,9-13,18H2,(H2,34,36,37,38). The van der Waals surface area contributed by atoms with Crippen molar-refractivity contribution in [1.82, 2.24) is 24.7 Å². The lowest BCUT2D eigenvalue weighted by Gasteiger charge is -2.31. The molecule has 0 atom stereocenters. The van der Waals surface area contributed by atoms with E-state index in [-0.39, 0.29) is 23.9 Å². The summed E-state index contributed by atoms with van der Waals surface area (Å²) in [5, 5.41) is 14.9. The molecule has 42 heavy (non-hydrogen) atoms. The maximum Gasteiger partial charge on any atom is 0.261 e. The summed E-state index contributed by atoms with van der Waals surface area (Å²) >= 11 is 0. The second-order valence-electron chi connectivity index (χ2n) is 10.7. The monoisotopic (exact) mass is 561 g/mol. The third-order valence-corrected chi connectivity index (χ3v) is 7.87. The summed E-state index contributed by atoms with van der Waals surface area (Å²) in [7, 11) is 0. The van der Waals surface area contributed by atoms with Gasteiger partial charge in [-0.2, -0.15) is 15.1 Å². The summed E-state index contributed by atoms with van der Waals surface area (Å²) in [4.78, 5) is 28.5. The van der Waals surface area contributed by atoms with Gasteiger partial charge >= 0.3 is 0 Å². The van der Waals surface area contributed by atoms with Crippen molar-refractivity contribution in [3.05, 3.63) is 113 Å². The molecular weight excluding hydrogens is 533 g/mol. The van der Waals surface area contributed by atoms with Crippen molar-refractivity contribution in [2.75, 3.05) is 17.2 Å². The lowest BCUT2D eigenvalue weighted by atomic mass is 9.93. The first-order chi connectivity index (χ1) is 20.5. The number of nitrogens with zero attached hydrogens (tertiary/aromatic N) is 6. The van der Waals surface area contributed by atoms with Gasteiger partial charge in [-0.1, -0.05) is 36.4 Å². The molecule has 210 valence electrons. The van der Waals surface area contributed by atoms with E-state index in [1.807, 2.05) is 42.6 Å². The number of aliphatic hydroxyl groups is 1. The predicted octanol–water partition coefficient (Wildman–Crippen LogP) is 4.61. The zero-order valence-corrected chi connectivity index (χ0v) is 22.7. The largest absolute Gasteiger partial charge is 0.392 e. The number of anilines is 2. The topological polar surface area (TPSA) is 123 Å². The summed E-state index contributed by atoms with van der Waals surface area (Å²) < 4.78 is 17.0. The average Bonchev–Trinajstić information content (AvgIpc) is 3.75. The van der Waals surface area contributed by atoms with Gasteiger partial charge in [-0.3, -0.25) is 4.79 Å². The zero-order chi connectivity index (χ0) is 28.8. The molecule has 1 aliphatic heterocycles. The third-order valence-electron chi connectivity index (χ3n) is 7.87. The highest BCUT2D eigenvalue weighted by Gasteiger charge is 2.33. The van der Waals surface area contributed by atoms with Crippen LogP contribution in [0.5, 0.6) is 0 Å². The normalized spacial score (nSPS) is 14.7. The van der Waals surface area contributed by atoms with Crippen LogP contribution in [0.4, 0.5) is 16.0 Å². The Kier molecular flexibility index (Phi) is 6.47. The van der Waals surface area contributed by atoms with Crippen LogP contribution in [0.15, 0.2) is 73.1 Å². The number of para-hydroxylation sites is 1. The number of aromatic nitrogens is 5. The number of aliphatic hydroxyl groups excluding tert-OH is 1. The molecule has 1 aliphatic carbocycles. The Morgan fingerprint density at radius 3 is 2.64 bits per heavy atom. The Hall–Kier alpha value is -4.96. The minimum Gasteiger partial charge on any atom is -0.392 e. The summed E-state index contributed by atoms with van der Waals surface area (Å²) in [6, 6.07) is 18.5. The summed E-state index contributed by atoms with van der Waals surface area (Å²) in [5.74, 6) is 0.245. The van der Waals surface area contributed by atoms with Crippen LogP contribution in [-0.2, 0) is 19.4 Å². The van der Waals surface area contributed by atoms with E-state index in [9.17, 15) is 9.90 Å². The van der Waals surface area contributed by atoms with Crippen molar-refractivity contribution >= 4 is 17.5 Å². The third kappa shape index (κ3) is 4.79. The molecule has 3 heterocycles. The highest BCUT2D eigenvalue weighted by atomic mass is 19.1. The second-order valence-corrected chi connectivity index (χ2v) is 10.7. The molecule has 2 aromatic heterocycles. The Labute approximate surface area is 241 Å². The van der Waals surface area contributed by atoms with Crippen molar-refractivity contribution in [2.24, 2.45) is 0 Å². The molecule has 1 fully saturated rings. The molecule has 0 radical (unpaired) electrons. The minimum absolute atomic E-state index is 0.0382. The molecule has 10 heteroatoms. The quantitative estimate of drug-likeness (QED) is 0.298. The van der Waals surface area contributed by atoms with Gasteiger partial charge in [-0.15, -0.1) is 0 Å². The number of rotatable bonds is 7. The predicted molar refractivity (Wildman–Crippen MR) is 156 cm³/mol. The van der Waals surface area contributed by atoms with E-state index < -0.39 is 11.7 Å². The lowest BCUT2D eigenvalue weighted by molar-refractivity contribution is 0.0976. The number of carbonyl (C=O) groups is 1. The Morgan fingerprint density at radius 1 is 1.02 bits per heavy atom. The number of nitrogen functional groups attached to an aromatic ring is 1. The molecule has 0 spiro atoms. The highest BCUT2D eigenvalue weighted by molar-refractivity contribution is 6.09. The fraction of sp³-hybridized carbons (Fsp3) is 0.219. The Bertz CT molecular complexity index is 1820. The van der Waals surface area contributed by atoms with Crippen molar-refractivity contribution in [2.45, 2.75) is 38.2 Å².